The number of nitrogens with two attached hydrogens (primary N) is 1. The first-order valence-electron chi connectivity index (χ1n) is 9.55. The topological polar surface area (TPSA) is 99.6 Å². The SMILES string of the molecule is Nc1ncc(-c2cn3nc(NC4CCC5(CC4)OCCO5)sc3n2)cc1C(F)(F)F. The number of nitrogens with one attached hydrogen (secondary N) is 1. The average Bonchev–Trinajstić information content (AvgIpc) is 3.39. The Morgan fingerprint density at radius 3 is 2.63 bits per heavy atom. The highest BCUT2D eigenvalue weighted by atomic mass is 32.1. The molecular formula is C18H19F3N6O2S. The third-order valence-corrected chi connectivity index (χ3v) is 6.31. The Bertz CT molecular complexity index is 1030. The van der Waals surface area contributed by atoms with E-state index < -0.39 is 23.3 Å². The predicted molar refractivity (Wildman–Crippen MR) is 104 cm³/mol. The number of pyridine rings is 1. The molecule has 0 radical (unpaired) electrons. The highest BCUT2D eigenvalue weighted by molar-refractivity contribution is 7.20. The lowest BCUT2D eigenvalue weighted by Crippen LogP contribution is -2.39. The molecule has 30 heavy (non-hydrogen) atoms. The number of rotatable bonds is 3. The highest BCUT2D eigenvalue weighted by Crippen LogP contribution is 2.38. The van der Waals surface area contributed by atoms with E-state index in [1.165, 1.54) is 17.5 Å². The summed E-state index contributed by atoms with van der Waals surface area (Å²) in [6.45, 7) is 1.30. The van der Waals surface area contributed by atoms with Crippen molar-refractivity contribution in [1.29, 1.82) is 0 Å². The Labute approximate surface area is 173 Å². The third kappa shape index (κ3) is 3.59. The van der Waals surface area contributed by atoms with Crippen LogP contribution in [0.15, 0.2) is 18.5 Å². The largest absolute Gasteiger partial charge is 0.419 e. The minimum Gasteiger partial charge on any atom is -0.383 e. The summed E-state index contributed by atoms with van der Waals surface area (Å²) < 4.78 is 52.3. The van der Waals surface area contributed by atoms with E-state index in [1.54, 1.807) is 10.7 Å². The van der Waals surface area contributed by atoms with E-state index in [-0.39, 0.29) is 11.6 Å². The second kappa shape index (κ2) is 7.06. The molecular weight excluding hydrogens is 421 g/mol. The van der Waals surface area contributed by atoms with Gasteiger partial charge in [0.2, 0.25) is 10.1 Å². The zero-order valence-corrected chi connectivity index (χ0v) is 16.6. The Morgan fingerprint density at radius 2 is 1.97 bits per heavy atom. The summed E-state index contributed by atoms with van der Waals surface area (Å²) in [5, 5.41) is 8.59. The molecule has 1 saturated carbocycles. The summed E-state index contributed by atoms with van der Waals surface area (Å²) in [7, 11) is 0. The number of ether oxygens (including phenoxy) is 2. The molecule has 0 atom stereocenters. The zero-order valence-electron chi connectivity index (χ0n) is 15.8. The van der Waals surface area contributed by atoms with E-state index in [4.69, 9.17) is 15.2 Å². The molecule has 4 heterocycles. The molecule has 0 bridgehead atoms. The minimum absolute atomic E-state index is 0.234. The van der Waals surface area contributed by atoms with Gasteiger partial charge in [-0.25, -0.2) is 14.5 Å². The molecule has 0 unspecified atom stereocenters. The van der Waals surface area contributed by atoms with E-state index in [0.717, 1.165) is 31.7 Å². The van der Waals surface area contributed by atoms with Crippen molar-refractivity contribution in [2.24, 2.45) is 0 Å². The van der Waals surface area contributed by atoms with E-state index in [9.17, 15) is 13.2 Å². The Kier molecular flexibility index (Phi) is 4.60. The van der Waals surface area contributed by atoms with Crippen molar-refractivity contribution >= 4 is 27.2 Å². The molecule has 1 aliphatic carbocycles. The van der Waals surface area contributed by atoms with Crippen LogP contribution in [-0.2, 0) is 15.7 Å². The molecule has 160 valence electrons. The molecule has 1 spiro atoms. The van der Waals surface area contributed by atoms with Gasteiger partial charge in [-0.2, -0.15) is 13.2 Å². The van der Waals surface area contributed by atoms with Gasteiger partial charge in [-0.15, -0.1) is 5.10 Å². The van der Waals surface area contributed by atoms with Crippen LogP contribution in [0, 0.1) is 0 Å². The van der Waals surface area contributed by atoms with Gasteiger partial charge in [0, 0.05) is 30.6 Å². The van der Waals surface area contributed by atoms with Gasteiger partial charge in [-0.3, -0.25) is 0 Å². The van der Waals surface area contributed by atoms with Crippen molar-refractivity contribution in [3.63, 3.8) is 0 Å². The summed E-state index contributed by atoms with van der Waals surface area (Å²) in [5.74, 6) is -0.966. The molecule has 8 nitrogen and oxygen atoms in total. The Balaban J connectivity index is 1.30. The Hall–Kier alpha value is -2.44. The van der Waals surface area contributed by atoms with Crippen LogP contribution in [0.3, 0.4) is 0 Å². The van der Waals surface area contributed by atoms with Crippen LogP contribution in [0.4, 0.5) is 24.1 Å². The monoisotopic (exact) mass is 440 g/mol. The predicted octanol–water partition coefficient (Wildman–Crippen LogP) is 3.55. The van der Waals surface area contributed by atoms with E-state index in [0.29, 0.717) is 29.0 Å². The van der Waals surface area contributed by atoms with Crippen LogP contribution in [0.25, 0.3) is 16.2 Å². The van der Waals surface area contributed by atoms with Gasteiger partial charge in [0.05, 0.1) is 30.7 Å². The average molecular weight is 440 g/mol. The van der Waals surface area contributed by atoms with Gasteiger partial charge in [0.25, 0.3) is 0 Å². The zero-order chi connectivity index (χ0) is 20.9. The van der Waals surface area contributed by atoms with Crippen molar-refractivity contribution in [1.82, 2.24) is 19.6 Å². The van der Waals surface area contributed by atoms with Gasteiger partial charge in [-0.05, 0) is 18.9 Å². The smallest absolute Gasteiger partial charge is 0.383 e. The lowest BCUT2D eigenvalue weighted by Gasteiger charge is -2.35. The lowest BCUT2D eigenvalue weighted by atomic mass is 9.90. The van der Waals surface area contributed by atoms with Crippen LogP contribution in [-0.4, -0.2) is 44.6 Å². The molecule has 12 heteroatoms. The number of imidazole rings is 1. The van der Waals surface area contributed by atoms with Crippen LogP contribution >= 0.6 is 11.3 Å². The number of anilines is 2. The fourth-order valence-electron chi connectivity index (χ4n) is 3.90. The lowest BCUT2D eigenvalue weighted by molar-refractivity contribution is -0.177. The maximum atomic E-state index is 13.1. The maximum absolute atomic E-state index is 13.1. The fraction of sp³-hybridized carbons (Fsp3) is 0.500. The Morgan fingerprint density at radius 1 is 1.23 bits per heavy atom. The van der Waals surface area contributed by atoms with Crippen LogP contribution < -0.4 is 11.1 Å². The summed E-state index contributed by atoms with van der Waals surface area (Å²) >= 11 is 1.34. The third-order valence-electron chi connectivity index (χ3n) is 5.45. The molecule has 2 aliphatic rings. The van der Waals surface area contributed by atoms with Crippen molar-refractivity contribution in [2.75, 3.05) is 24.3 Å². The van der Waals surface area contributed by atoms with Gasteiger partial charge >= 0.3 is 6.18 Å². The molecule has 5 rings (SSSR count). The summed E-state index contributed by atoms with van der Waals surface area (Å²) in [6.07, 6.45) is 1.77. The second-order valence-electron chi connectivity index (χ2n) is 7.44. The molecule has 0 amide bonds. The van der Waals surface area contributed by atoms with Crippen LogP contribution in [0.2, 0.25) is 0 Å². The fourth-order valence-corrected chi connectivity index (χ4v) is 4.76. The van der Waals surface area contributed by atoms with Gasteiger partial charge in [0.15, 0.2) is 5.79 Å². The molecule has 3 N–H and O–H groups in total. The number of hydrogen-bond donors (Lipinski definition) is 2. The molecule has 3 aromatic rings. The number of alkyl halides is 3. The first kappa shape index (κ1) is 19.5. The van der Waals surface area contributed by atoms with Gasteiger partial charge in [-0.1, -0.05) is 11.3 Å². The van der Waals surface area contributed by atoms with Crippen LogP contribution in [0.1, 0.15) is 31.2 Å². The molecule has 2 fully saturated rings. The molecule has 0 aromatic carbocycles. The second-order valence-corrected chi connectivity index (χ2v) is 8.40. The highest BCUT2D eigenvalue weighted by Gasteiger charge is 2.40. The van der Waals surface area contributed by atoms with E-state index in [1.807, 2.05) is 0 Å². The standard InChI is InChI=1S/C18H19F3N6O2S/c19-18(20,21)12-7-10(8-23-14(12)22)13-9-27-16(25-13)30-15(26-27)24-11-1-3-17(4-2-11)28-5-6-29-17/h7-9,11H,1-6H2,(H2,22,23)(H,24,26). The van der Waals surface area contributed by atoms with Crippen molar-refractivity contribution in [2.45, 2.75) is 43.7 Å². The van der Waals surface area contributed by atoms with Gasteiger partial charge in [0.1, 0.15) is 5.82 Å². The van der Waals surface area contributed by atoms with E-state index in [2.05, 4.69) is 20.4 Å². The van der Waals surface area contributed by atoms with Crippen molar-refractivity contribution < 1.29 is 22.6 Å². The number of nitrogen functional groups attached to an aromatic ring is 1. The van der Waals surface area contributed by atoms with Crippen molar-refractivity contribution in [3.05, 3.63) is 24.0 Å². The quantitative estimate of drug-likeness (QED) is 0.643. The van der Waals surface area contributed by atoms with Crippen molar-refractivity contribution in [3.8, 4) is 11.3 Å². The number of nitrogens with zero attached hydrogens (tertiary/aromatic N) is 4. The van der Waals surface area contributed by atoms with Gasteiger partial charge < -0.3 is 20.5 Å². The normalized spacial score (nSPS) is 19.7. The summed E-state index contributed by atoms with van der Waals surface area (Å²) in [4.78, 5) is 8.63. The number of aromatic nitrogens is 4. The summed E-state index contributed by atoms with van der Waals surface area (Å²) in [6, 6.07) is 1.22. The first-order valence-corrected chi connectivity index (χ1v) is 10.4. The maximum Gasteiger partial charge on any atom is 0.419 e. The molecule has 3 aromatic heterocycles. The number of fused-ring (bicyclic) bond motifs is 1. The first-order chi connectivity index (χ1) is 14.3. The van der Waals surface area contributed by atoms with Crippen LogP contribution in [0.5, 0.6) is 0 Å². The van der Waals surface area contributed by atoms with E-state index >= 15 is 0 Å². The number of hydrogen-bond acceptors (Lipinski definition) is 8. The molecule has 1 aliphatic heterocycles. The minimum atomic E-state index is -4.58. The summed E-state index contributed by atoms with van der Waals surface area (Å²) in [5.41, 5.74) is 4.98. The molecule has 1 saturated heterocycles. The number of halogens is 3.